The molecular formula is C14H18BN3. The van der Waals surface area contributed by atoms with Crippen LogP contribution in [0.2, 0.25) is 6.82 Å². The van der Waals surface area contributed by atoms with Crippen LogP contribution in [0.1, 0.15) is 16.8 Å². The lowest BCUT2D eigenvalue weighted by Gasteiger charge is -2.34. The van der Waals surface area contributed by atoms with Crippen molar-refractivity contribution in [2.24, 2.45) is 0 Å². The first-order chi connectivity index (χ1) is 8.52. The predicted octanol–water partition coefficient (Wildman–Crippen LogP) is 2.08. The molecule has 0 fully saturated rings. The molecule has 0 aliphatic carbocycles. The molecule has 0 N–H and O–H groups in total. The molecule has 0 aromatic carbocycles. The lowest BCUT2D eigenvalue weighted by molar-refractivity contribution is 0.973. The normalized spacial score (nSPS) is 13.6. The maximum atomic E-state index is 4.57. The molecule has 3 rings (SSSR count). The molecule has 0 saturated carbocycles. The fraction of sp³-hybridized carbons (Fsp3) is 0.357. The number of aryl methyl sites for hydroxylation is 3. The van der Waals surface area contributed by atoms with Crippen LogP contribution < -0.4 is 10.4 Å². The number of hydrogen-bond acceptors (Lipinski definition) is 2. The van der Waals surface area contributed by atoms with E-state index in [2.05, 4.69) is 61.1 Å². The number of rotatable bonds is 0. The number of nitrogens with zero attached hydrogens (tertiary/aromatic N) is 3. The van der Waals surface area contributed by atoms with E-state index in [0.29, 0.717) is 6.85 Å². The van der Waals surface area contributed by atoms with Crippen molar-refractivity contribution in [3.05, 3.63) is 35.2 Å². The van der Waals surface area contributed by atoms with Gasteiger partial charge in [0.25, 0.3) is 0 Å². The van der Waals surface area contributed by atoms with Gasteiger partial charge in [0.05, 0.1) is 5.69 Å². The molecule has 0 bridgehead atoms. The van der Waals surface area contributed by atoms with E-state index in [0.717, 1.165) is 5.82 Å². The smallest absolute Gasteiger partial charge is 0.305 e. The first kappa shape index (κ1) is 11.4. The Bertz CT molecular complexity index is 630. The molecular weight excluding hydrogens is 221 g/mol. The molecule has 0 spiro atoms. The Balaban J connectivity index is 2.42. The summed E-state index contributed by atoms with van der Waals surface area (Å²) in [5, 5.41) is 0. The van der Waals surface area contributed by atoms with Crippen LogP contribution in [-0.2, 0) is 0 Å². The number of aromatic nitrogens is 2. The van der Waals surface area contributed by atoms with Crippen LogP contribution in [0.15, 0.2) is 18.3 Å². The highest BCUT2D eigenvalue weighted by Crippen LogP contribution is 2.30. The largest absolute Gasteiger partial charge is 0.396 e. The lowest BCUT2D eigenvalue weighted by atomic mass is 9.57. The molecule has 0 radical (unpaired) electrons. The van der Waals surface area contributed by atoms with Crippen LogP contribution in [0.4, 0.5) is 5.82 Å². The second-order valence-electron chi connectivity index (χ2n) is 5.28. The minimum atomic E-state index is 0.362. The van der Waals surface area contributed by atoms with Crippen LogP contribution in [-0.4, -0.2) is 23.4 Å². The molecule has 0 saturated heterocycles. The van der Waals surface area contributed by atoms with Crippen LogP contribution in [0.3, 0.4) is 0 Å². The summed E-state index contributed by atoms with van der Waals surface area (Å²) in [5.41, 5.74) is 6.55. The van der Waals surface area contributed by atoms with Crippen LogP contribution in [0, 0.1) is 20.8 Å². The second kappa shape index (κ2) is 3.64. The summed E-state index contributed by atoms with van der Waals surface area (Å²) < 4.78 is 2.37. The summed E-state index contributed by atoms with van der Waals surface area (Å²) in [6.45, 7) is 9.12. The molecule has 2 aromatic heterocycles. The fourth-order valence-electron chi connectivity index (χ4n) is 3.07. The summed E-state index contributed by atoms with van der Waals surface area (Å²) >= 11 is 0. The summed E-state index contributed by atoms with van der Waals surface area (Å²) in [6.07, 6.45) is 1.90. The van der Waals surface area contributed by atoms with E-state index in [-0.39, 0.29) is 0 Å². The monoisotopic (exact) mass is 239 g/mol. The van der Waals surface area contributed by atoms with Crippen molar-refractivity contribution in [1.82, 2.24) is 9.55 Å². The lowest BCUT2D eigenvalue weighted by Crippen LogP contribution is -2.52. The van der Waals surface area contributed by atoms with Crippen molar-refractivity contribution in [2.45, 2.75) is 27.6 Å². The van der Waals surface area contributed by atoms with Gasteiger partial charge < -0.3 is 9.38 Å². The number of anilines is 1. The molecule has 0 amide bonds. The van der Waals surface area contributed by atoms with Crippen molar-refractivity contribution in [3.8, 4) is 5.69 Å². The molecule has 2 aromatic rings. The van der Waals surface area contributed by atoms with Gasteiger partial charge >= 0.3 is 6.85 Å². The van der Waals surface area contributed by atoms with E-state index in [1.807, 2.05) is 6.20 Å². The van der Waals surface area contributed by atoms with E-state index >= 15 is 0 Å². The molecule has 1 aliphatic rings. The van der Waals surface area contributed by atoms with Crippen LogP contribution in [0.25, 0.3) is 5.69 Å². The molecule has 92 valence electrons. The van der Waals surface area contributed by atoms with E-state index in [4.69, 9.17) is 0 Å². The first-order valence-electron chi connectivity index (χ1n) is 6.40. The molecule has 3 nitrogen and oxygen atoms in total. The Kier molecular flexibility index (Phi) is 2.30. The topological polar surface area (TPSA) is 21.1 Å². The van der Waals surface area contributed by atoms with Crippen molar-refractivity contribution >= 4 is 18.3 Å². The van der Waals surface area contributed by atoms with Gasteiger partial charge in [-0.1, -0.05) is 6.82 Å². The molecule has 0 atom stereocenters. The zero-order valence-corrected chi connectivity index (χ0v) is 11.7. The van der Waals surface area contributed by atoms with E-state index < -0.39 is 0 Å². The van der Waals surface area contributed by atoms with Gasteiger partial charge in [0.1, 0.15) is 5.82 Å². The highest BCUT2D eigenvalue weighted by molar-refractivity contribution is 6.76. The third-order valence-electron chi connectivity index (χ3n) is 4.06. The van der Waals surface area contributed by atoms with Crippen LogP contribution >= 0.6 is 0 Å². The minimum Gasteiger partial charge on any atom is -0.396 e. The summed E-state index contributed by atoms with van der Waals surface area (Å²) in [6, 6.07) is 4.35. The zero-order valence-electron chi connectivity index (χ0n) is 11.7. The van der Waals surface area contributed by atoms with Gasteiger partial charge in [-0.05, 0) is 51.1 Å². The van der Waals surface area contributed by atoms with Crippen LogP contribution in [0.5, 0.6) is 0 Å². The van der Waals surface area contributed by atoms with Crippen molar-refractivity contribution in [2.75, 3.05) is 11.9 Å². The van der Waals surface area contributed by atoms with Gasteiger partial charge in [0, 0.05) is 17.5 Å². The Morgan fingerprint density at radius 3 is 2.61 bits per heavy atom. The summed E-state index contributed by atoms with van der Waals surface area (Å²) in [5.74, 6) is 1.08. The maximum Gasteiger partial charge on any atom is 0.305 e. The Hall–Kier alpha value is -1.71. The maximum absolute atomic E-state index is 4.57. The Labute approximate surface area is 109 Å². The third-order valence-corrected chi connectivity index (χ3v) is 4.06. The Morgan fingerprint density at radius 2 is 1.89 bits per heavy atom. The van der Waals surface area contributed by atoms with E-state index in [1.165, 1.54) is 28.1 Å². The number of fused-ring (bicyclic) bond motifs is 3. The van der Waals surface area contributed by atoms with E-state index in [1.54, 1.807) is 0 Å². The summed E-state index contributed by atoms with van der Waals surface area (Å²) in [7, 11) is 2.13. The number of hydrogen-bond donors (Lipinski definition) is 0. The molecule has 3 heterocycles. The summed E-state index contributed by atoms with van der Waals surface area (Å²) in [4.78, 5) is 6.83. The zero-order chi connectivity index (χ0) is 13.0. The van der Waals surface area contributed by atoms with Gasteiger partial charge in [-0.2, -0.15) is 0 Å². The quantitative estimate of drug-likeness (QED) is 0.656. The molecule has 0 unspecified atom stereocenters. The van der Waals surface area contributed by atoms with Crippen molar-refractivity contribution in [1.29, 1.82) is 0 Å². The first-order valence-corrected chi connectivity index (χ1v) is 6.40. The van der Waals surface area contributed by atoms with Gasteiger partial charge in [-0.25, -0.2) is 4.98 Å². The molecule has 18 heavy (non-hydrogen) atoms. The average Bonchev–Trinajstić information content (AvgIpc) is 2.61. The minimum absolute atomic E-state index is 0.362. The second-order valence-corrected chi connectivity index (χ2v) is 5.28. The standard InChI is InChI=1S/C14H18BN3/c1-9-6-7-16-14-12(9)18-11(3)8-10(2)13(18)15(4)17(14)5/h6-8H,1-5H3. The van der Waals surface area contributed by atoms with Gasteiger partial charge in [-0.15, -0.1) is 0 Å². The molecule has 1 aliphatic heterocycles. The SMILES string of the molecule is CB1c2c(C)cc(C)n2-c2c(C)ccnc2N1C. The molecule has 4 heteroatoms. The predicted molar refractivity (Wildman–Crippen MR) is 77.4 cm³/mol. The van der Waals surface area contributed by atoms with Gasteiger partial charge in [0.15, 0.2) is 0 Å². The third kappa shape index (κ3) is 1.29. The average molecular weight is 239 g/mol. The fourth-order valence-corrected chi connectivity index (χ4v) is 3.07. The Morgan fingerprint density at radius 1 is 1.17 bits per heavy atom. The highest BCUT2D eigenvalue weighted by Gasteiger charge is 2.33. The van der Waals surface area contributed by atoms with Crippen molar-refractivity contribution in [3.63, 3.8) is 0 Å². The van der Waals surface area contributed by atoms with E-state index in [9.17, 15) is 0 Å². The highest BCUT2D eigenvalue weighted by atomic mass is 15.2. The van der Waals surface area contributed by atoms with Gasteiger partial charge in [-0.3, -0.25) is 0 Å². The van der Waals surface area contributed by atoms with Crippen molar-refractivity contribution < 1.29 is 0 Å². The van der Waals surface area contributed by atoms with Gasteiger partial charge in [0.2, 0.25) is 0 Å². The number of pyridine rings is 1.